The Kier molecular flexibility index (Phi) is 7.50. The predicted octanol–water partition coefficient (Wildman–Crippen LogP) is 1.45. The van der Waals surface area contributed by atoms with Crippen LogP contribution in [0.2, 0.25) is 0 Å². The van der Waals surface area contributed by atoms with Gasteiger partial charge in [0.25, 0.3) is 0 Å². The number of ether oxygens (including phenoxy) is 2. The number of esters is 2. The highest BCUT2D eigenvalue weighted by Crippen LogP contribution is 1.90. The molecule has 0 fully saturated rings. The molecule has 4 heteroatoms. The minimum Gasteiger partial charge on any atom is -0.463 e. The molecule has 0 aliphatic heterocycles. The van der Waals surface area contributed by atoms with Gasteiger partial charge in [-0.25, -0.2) is 9.59 Å². The molecule has 0 radical (unpaired) electrons. The Morgan fingerprint density at radius 3 is 2.57 bits per heavy atom. The molecule has 0 heterocycles. The van der Waals surface area contributed by atoms with Crippen molar-refractivity contribution < 1.29 is 19.1 Å². The lowest BCUT2D eigenvalue weighted by atomic mass is 10.4. The van der Waals surface area contributed by atoms with E-state index in [0.29, 0.717) is 6.61 Å². The number of hydrogen-bond donors (Lipinski definition) is 0. The van der Waals surface area contributed by atoms with Crippen LogP contribution < -0.4 is 0 Å². The number of unbranched alkanes of at least 4 members (excludes halogenated alkanes) is 1. The van der Waals surface area contributed by atoms with Crippen molar-refractivity contribution in [3.63, 3.8) is 0 Å². The molecule has 0 unspecified atom stereocenters. The molecule has 0 N–H and O–H groups in total. The fourth-order valence-corrected chi connectivity index (χ4v) is 0.686. The Balaban J connectivity index is 3.48. The molecule has 0 aliphatic carbocycles. The van der Waals surface area contributed by atoms with Gasteiger partial charge in [-0.1, -0.05) is 19.4 Å². The Hall–Kier alpha value is -1.32. The monoisotopic (exact) mass is 200 g/mol. The van der Waals surface area contributed by atoms with E-state index in [0.717, 1.165) is 12.8 Å². The third-order valence-electron chi connectivity index (χ3n) is 1.40. The van der Waals surface area contributed by atoms with Crippen LogP contribution in [0.5, 0.6) is 0 Å². The molecule has 0 bridgehead atoms. The third kappa shape index (κ3) is 7.34. The topological polar surface area (TPSA) is 52.6 Å². The minimum absolute atomic E-state index is 0.313. The zero-order chi connectivity index (χ0) is 10.8. The van der Waals surface area contributed by atoms with Crippen LogP contribution in [-0.4, -0.2) is 25.2 Å². The second-order valence-corrected chi connectivity index (χ2v) is 2.68. The highest BCUT2D eigenvalue weighted by atomic mass is 16.6. The van der Waals surface area contributed by atoms with Crippen LogP contribution in [0.3, 0.4) is 0 Å². The predicted molar refractivity (Wildman–Crippen MR) is 51.6 cm³/mol. The van der Waals surface area contributed by atoms with Crippen molar-refractivity contribution in [1.82, 2.24) is 0 Å². The first-order valence-electron chi connectivity index (χ1n) is 4.65. The lowest BCUT2D eigenvalue weighted by Crippen LogP contribution is -2.15. The zero-order valence-corrected chi connectivity index (χ0v) is 8.62. The second-order valence-electron chi connectivity index (χ2n) is 2.68. The lowest BCUT2D eigenvalue weighted by molar-refractivity contribution is -0.156. The molecule has 0 aliphatic rings. The van der Waals surface area contributed by atoms with Gasteiger partial charge in [0.1, 0.15) is 0 Å². The van der Waals surface area contributed by atoms with E-state index in [1.54, 1.807) is 13.0 Å². The van der Waals surface area contributed by atoms with Crippen LogP contribution in [0.25, 0.3) is 0 Å². The van der Waals surface area contributed by atoms with Gasteiger partial charge in [-0.15, -0.1) is 0 Å². The molecule has 4 nitrogen and oxygen atoms in total. The maximum Gasteiger partial charge on any atom is 0.344 e. The van der Waals surface area contributed by atoms with Crippen LogP contribution in [-0.2, 0) is 19.1 Å². The summed E-state index contributed by atoms with van der Waals surface area (Å²) in [5.74, 6) is -1.03. The van der Waals surface area contributed by atoms with E-state index in [-0.39, 0.29) is 6.61 Å². The van der Waals surface area contributed by atoms with Crippen molar-refractivity contribution in [3.05, 3.63) is 12.2 Å². The fraction of sp³-hybridized carbons (Fsp3) is 0.600. The van der Waals surface area contributed by atoms with Gasteiger partial charge in [-0.05, 0) is 13.3 Å². The first-order valence-corrected chi connectivity index (χ1v) is 4.65. The average Bonchev–Trinajstić information content (AvgIpc) is 2.16. The molecule has 14 heavy (non-hydrogen) atoms. The van der Waals surface area contributed by atoms with E-state index < -0.39 is 11.9 Å². The Morgan fingerprint density at radius 2 is 2.00 bits per heavy atom. The van der Waals surface area contributed by atoms with E-state index in [9.17, 15) is 9.59 Å². The maximum atomic E-state index is 10.9. The van der Waals surface area contributed by atoms with Crippen LogP contribution in [0.15, 0.2) is 12.2 Å². The van der Waals surface area contributed by atoms with E-state index in [2.05, 4.69) is 4.74 Å². The number of hydrogen-bond acceptors (Lipinski definition) is 4. The summed E-state index contributed by atoms with van der Waals surface area (Å²) >= 11 is 0. The summed E-state index contributed by atoms with van der Waals surface area (Å²) < 4.78 is 9.35. The highest BCUT2D eigenvalue weighted by molar-refractivity contribution is 5.84. The van der Waals surface area contributed by atoms with Crippen LogP contribution in [0.4, 0.5) is 0 Å². The van der Waals surface area contributed by atoms with Crippen LogP contribution in [0.1, 0.15) is 26.7 Å². The van der Waals surface area contributed by atoms with Crippen molar-refractivity contribution in [3.8, 4) is 0 Å². The molecule has 0 atom stereocenters. The van der Waals surface area contributed by atoms with Crippen molar-refractivity contribution in [1.29, 1.82) is 0 Å². The molecular weight excluding hydrogens is 184 g/mol. The Morgan fingerprint density at radius 1 is 1.29 bits per heavy atom. The van der Waals surface area contributed by atoms with Crippen molar-refractivity contribution in [2.24, 2.45) is 0 Å². The first kappa shape index (κ1) is 12.7. The summed E-state index contributed by atoms with van der Waals surface area (Å²) in [7, 11) is 0. The molecule has 0 saturated carbocycles. The fourth-order valence-electron chi connectivity index (χ4n) is 0.686. The first-order chi connectivity index (χ1) is 6.70. The summed E-state index contributed by atoms with van der Waals surface area (Å²) in [5.41, 5.74) is 0. The number of allylic oxidation sites excluding steroid dienone is 1. The molecule has 0 aromatic heterocycles. The van der Waals surface area contributed by atoms with Crippen molar-refractivity contribution >= 4 is 11.9 Å². The van der Waals surface area contributed by atoms with Gasteiger partial charge in [-0.3, -0.25) is 0 Å². The van der Waals surface area contributed by atoms with E-state index in [4.69, 9.17) is 4.74 Å². The smallest absolute Gasteiger partial charge is 0.344 e. The standard InChI is InChI=1S/C10H16O4/c1-3-5-7-13-10(12)8-14-9(11)6-4-2/h4,6H,3,5,7-8H2,1-2H3/b6-4-. The van der Waals surface area contributed by atoms with Gasteiger partial charge >= 0.3 is 11.9 Å². The number of carbonyl (C=O) groups excluding carboxylic acids is 2. The molecule has 0 amide bonds. The summed E-state index contributed by atoms with van der Waals surface area (Å²) in [6, 6.07) is 0. The molecule has 0 aromatic carbocycles. The second kappa shape index (κ2) is 8.29. The quantitative estimate of drug-likeness (QED) is 0.370. The van der Waals surface area contributed by atoms with Crippen LogP contribution in [0, 0.1) is 0 Å². The molecule has 0 spiro atoms. The highest BCUT2D eigenvalue weighted by Gasteiger charge is 2.04. The van der Waals surface area contributed by atoms with E-state index in [1.165, 1.54) is 6.08 Å². The summed E-state index contributed by atoms with van der Waals surface area (Å²) in [5, 5.41) is 0. The van der Waals surface area contributed by atoms with Gasteiger partial charge < -0.3 is 9.47 Å². The van der Waals surface area contributed by atoms with Gasteiger partial charge in [0.2, 0.25) is 0 Å². The Labute approximate surface area is 83.9 Å². The van der Waals surface area contributed by atoms with Gasteiger partial charge in [0.05, 0.1) is 6.61 Å². The Bertz CT molecular complexity index is 208. The van der Waals surface area contributed by atoms with Crippen molar-refractivity contribution in [2.45, 2.75) is 26.7 Å². The van der Waals surface area contributed by atoms with Gasteiger partial charge in [0, 0.05) is 6.08 Å². The molecule has 80 valence electrons. The van der Waals surface area contributed by atoms with E-state index >= 15 is 0 Å². The molecule has 0 saturated heterocycles. The summed E-state index contributed by atoms with van der Waals surface area (Å²) in [4.78, 5) is 21.7. The number of rotatable bonds is 6. The SMILES string of the molecule is C/C=C\C(=O)OCC(=O)OCCCC. The molecular formula is C10H16O4. The molecule has 0 rings (SSSR count). The zero-order valence-electron chi connectivity index (χ0n) is 8.62. The molecule has 0 aromatic rings. The lowest BCUT2D eigenvalue weighted by Gasteiger charge is -2.03. The van der Waals surface area contributed by atoms with Gasteiger partial charge in [-0.2, -0.15) is 0 Å². The third-order valence-corrected chi connectivity index (χ3v) is 1.40. The summed E-state index contributed by atoms with van der Waals surface area (Å²) in [6.45, 7) is 3.77. The van der Waals surface area contributed by atoms with Crippen molar-refractivity contribution in [2.75, 3.05) is 13.2 Å². The largest absolute Gasteiger partial charge is 0.463 e. The van der Waals surface area contributed by atoms with Gasteiger partial charge in [0.15, 0.2) is 6.61 Å². The normalized spacial score (nSPS) is 10.1. The number of carbonyl (C=O) groups is 2. The maximum absolute atomic E-state index is 10.9. The van der Waals surface area contributed by atoms with E-state index in [1.807, 2.05) is 6.92 Å². The minimum atomic E-state index is -0.528. The summed E-state index contributed by atoms with van der Waals surface area (Å²) in [6.07, 6.45) is 4.59. The average molecular weight is 200 g/mol. The van der Waals surface area contributed by atoms with Crippen LogP contribution >= 0.6 is 0 Å².